The molecule has 1 amide bonds. The van der Waals surface area contributed by atoms with Gasteiger partial charge in [-0.05, 0) is 43.2 Å². The molecule has 0 aliphatic rings. The number of nitrogens with zero attached hydrogens (tertiary/aromatic N) is 2. The highest BCUT2D eigenvalue weighted by Crippen LogP contribution is 2.30. The fourth-order valence-corrected chi connectivity index (χ4v) is 4.41. The van der Waals surface area contributed by atoms with Crippen LogP contribution in [-0.4, -0.2) is 43.3 Å². The topological polar surface area (TPSA) is 88.6 Å². The molecule has 0 spiro atoms. The Kier molecular flexibility index (Phi) is 7.95. The van der Waals surface area contributed by atoms with E-state index in [0.29, 0.717) is 31.8 Å². The van der Waals surface area contributed by atoms with E-state index in [1.165, 1.54) is 10.4 Å². The molecular formula is C20H27N3O4S. The minimum absolute atomic E-state index is 0.0584. The van der Waals surface area contributed by atoms with Gasteiger partial charge in [-0.15, -0.1) is 0 Å². The summed E-state index contributed by atoms with van der Waals surface area (Å²) in [6.45, 7) is 6.41. The van der Waals surface area contributed by atoms with Crippen LogP contribution in [0, 0.1) is 0 Å². The Bertz CT molecular complexity index is 882. The van der Waals surface area contributed by atoms with E-state index in [4.69, 9.17) is 4.74 Å². The van der Waals surface area contributed by atoms with Crippen LogP contribution in [0.3, 0.4) is 0 Å². The first-order valence-electron chi connectivity index (χ1n) is 9.38. The van der Waals surface area contributed by atoms with Gasteiger partial charge in [0.25, 0.3) is 0 Å². The average molecular weight is 406 g/mol. The van der Waals surface area contributed by atoms with E-state index in [-0.39, 0.29) is 23.0 Å². The summed E-state index contributed by atoms with van der Waals surface area (Å²) in [5.74, 6) is 0.0851. The number of nitrogens with one attached hydrogen (secondary N) is 1. The van der Waals surface area contributed by atoms with Gasteiger partial charge in [0.1, 0.15) is 10.6 Å². The minimum Gasteiger partial charge on any atom is -0.492 e. The molecule has 0 bridgehead atoms. The first kappa shape index (κ1) is 21.8. The Morgan fingerprint density at radius 1 is 1.18 bits per heavy atom. The summed E-state index contributed by atoms with van der Waals surface area (Å²) in [4.78, 5) is 16.4. The van der Waals surface area contributed by atoms with Gasteiger partial charge in [0.05, 0.1) is 6.61 Å². The van der Waals surface area contributed by atoms with Gasteiger partial charge in [-0.25, -0.2) is 8.42 Å². The van der Waals surface area contributed by atoms with Gasteiger partial charge >= 0.3 is 0 Å². The van der Waals surface area contributed by atoms with E-state index < -0.39 is 10.0 Å². The number of carbonyl (C=O) groups excluding carboxylic acids is 1. The fourth-order valence-electron chi connectivity index (χ4n) is 2.79. The van der Waals surface area contributed by atoms with Gasteiger partial charge < -0.3 is 10.1 Å². The lowest BCUT2D eigenvalue weighted by atomic mass is 10.1. The van der Waals surface area contributed by atoms with Crippen LogP contribution in [0.5, 0.6) is 5.75 Å². The van der Waals surface area contributed by atoms with Crippen molar-refractivity contribution in [3.8, 4) is 5.75 Å². The number of aryl methyl sites for hydroxylation is 1. The second-order valence-electron chi connectivity index (χ2n) is 6.09. The molecule has 1 aromatic heterocycles. The molecule has 1 heterocycles. The second-order valence-corrected chi connectivity index (χ2v) is 8.00. The van der Waals surface area contributed by atoms with Crippen LogP contribution in [0.1, 0.15) is 32.8 Å². The van der Waals surface area contributed by atoms with Crippen LogP contribution in [0.2, 0.25) is 0 Å². The number of rotatable bonds is 10. The molecule has 0 saturated carbocycles. The summed E-state index contributed by atoms with van der Waals surface area (Å²) in [5.41, 5.74) is 1.39. The largest absolute Gasteiger partial charge is 0.492 e. The van der Waals surface area contributed by atoms with Gasteiger partial charge in [-0.1, -0.05) is 19.9 Å². The molecule has 0 fully saturated rings. The first-order chi connectivity index (χ1) is 13.4. The Balaban J connectivity index is 2.20. The van der Waals surface area contributed by atoms with Crippen LogP contribution in [0.15, 0.2) is 47.6 Å². The molecular weight excluding hydrogens is 378 g/mol. The van der Waals surface area contributed by atoms with Crippen molar-refractivity contribution in [3.05, 3.63) is 48.3 Å². The average Bonchev–Trinajstić information content (AvgIpc) is 2.69. The highest BCUT2D eigenvalue weighted by Gasteiger charge is 2.26. The molecule has 0 aliphatic heterocycles. The SMILES string of the molecule is CCOc1ccc(NC(=O)CCc2cccnc2)cc1S(=O)(=O)N(CC)CC. The van der Waals surface area contributed by atoms with Crippen molar-refractivity contribution in [1.29, 1.82) is 0 Å². The number of benzene rings is 1. The lowest BCUT2D eigenvalue weighted by molar-refractivity contribution is -0.116. The smallest absolute Gasteiger partial charge is 0.246 e. The zero-order valence-corrected chi connectivity index (χ0v) is 17.3. The Morgan fingerprint density at radius 2 is 1.93 bits per heavy atom. The number of amides is 1. The predicted octanol–water partition coefficient (Wildman–Crippen LogP) is 3.08. The fraction of sp³-hybridized carbons (Fsp3) is 0.400. The van der Waals surface area contributed by atoms with Crippen LogP contribution in [-0.2, 0) is 21.2 Å². The molecule has 0 unspecified atom stereocenters. The summed E-state index contributed by atoms with van der Waals surface area (Å²) >= 11 is 0. The molecule has 0 radical (unpaired) electrons. The Morgan fingerprint density at radius 3 is 2.54 bits per heavy atom. The van der Waals surface area contributed by atoms with E-state index in [0.717, 1.165) is 5.56 Å². The van der Waals surface area contributed by atoms with Gasteiger partial charge in [0.2, 0.25) is 15.9 Å². The van der Waals surface area contributed by atoms with Crippen molar-refractivity contribution in [2.24, 2.45) is 0 Å². The van der Waals surface area contributed by atoms with Gasteiger partial charge in [0, 0.05) is 37.6 Å². The molecule has 1 aromatic carbocycles. The van der Waals surface area contributed by atoms with Gasteiger partial charge in [-0.2, -0.15) is 4.31 Å². The summed E-state index contributed by atoms with van der Waals surface area (Å²) < 4.78 is 32.8. The number of anilines is 1. The molecule has 2 aromatic rings. The number of pyridine rings is 1. The number of sulfonamides is 1. The monoisotopic (exact) mass is 405 g/mol. The zero-order chi connectivity index (χ0) is 20.6. The Hall–Kier alpha value is -2.45. The Labute approximate surface area is 166 Å². The zero-order valence-electron chi connectivity index (χ0n) is 16.5. The van der Waals surface area contributed by atoms with Crippen molar-refractivity contribution < 1.29 is 17.9 Å². The van der Waals surface area contributed by atoms with Crippen LogP contribution in [0.4, 0.5) is 5.69 Å². The summed E-state index contributed by atoms with van der Waals surface area (Å²) in [6.07, 6.45) is 4.23. The summed E-state index contributed by atoms with van der Waals surface area (Å²) in [5, 5.41) is 2.77. The van der Waals surface area contributed by atoms with Gasteiger partial charge in [0.15, 0.2) is 0 Å². The third kappa shape index (κ3) is 5.53. The highest BCUT2D eigenvalue weighted by atomic mass is 32.2. The number of hydrogen-bond acceptors (Lipinski definition) is 5. The van der Waals surface area contributed by atoms with Crippen molar-refractivity contribution in [3.63, 3.8) is 0 Å². The molecule has 7 nitrogen and oxygen atoms in total. The normalized spacial score (nSPS) is 11.4. The number of carbonyl (C=O) groups is 1. The molecule has 152 valence electrons. The third-order valence-electron chi connectivity index (χ3n) is 4.21. The minimum atomic E-state index is -3.72. The van der Waals surface area contributed by atoms with Gasteiger partial charge in [-0.3, -0.25) is 9.78 Å². The molecule has 0 atom stereocenters. The maximum Gasteiger partial charge on any atom is 0.246 e. The molecule has 0 aliphatic carbocycles. The predicted molar refractivity (Wildman–Crippen MR) is 109 cm³/mol. The first-order valence-corrected chi connectivity index (χ1v) is 10.8. The van der Waals surface area contributed by atoms with Crippen molar-refractivity contribution in [2.45, 2.75) is 38.5 Å². The summed E-state index contributed by atoms with van der Waals surface area (Å²) in [7, 11) is -3.72. The number of hydrogen-bond donors (Lipinski definition) is 1. The number of aromatic nitrogens is 1. The quantitative estimate of drug-likeness (QED) is 0.656. The summed E-state index contributed by atoms with van der Waals surface area (Å²) in [6, 6.07) is 8.42. The van der Waals surface area contributed by atoms with E-state index in [1.54, 1.807) is 45.3 Å². The van der Waals surface area contributed by atoms with Crippen LogP contribution >= 0.6 is 0 Å². The van der Waals surface area contributed by atoms with Crippen molar-refractivity contribution >= 4 is 21.6 Å². The lowest BCUT2D eigenvalue weighted by Crippen LogP contribution is -2.31. The highest BCUT2D eigenvalue weighted by molar-refractivity contribution is 7.89. The maximum atomic E-state index is 13.0. The number of ether oxygens (including phenoxy) is 1. The van der Waals surface area contributed by atoms with E-state index in [9.17, 15) is 13.2 Å². The second kappa shape index (κ2) is 10.2. The van der Waals surface area contributed by atoms with Crippen molar-refractivity contribution in [2.75, 3.05) is 25.0 Å². The van der Waals surface area contributed by atoms with Crippen molar-refractivity contribution in [1.82, 2.24) is 9.29 Å². The molecule has 0 saturated heterocycles. The standard InChI is InChI=1S/C20H27N3O4S/c1-4-23(5-2)28(25,26)19-14-17(10-11-18(19)27-6-3)22-20(24)12-9-16-8-7-13-21-15-16/h7-8,10-11,13-15H,4-6,9,12H2,1-3H3,(H,22,24). The molecule has 28 heavy (non-hydrogen) atoms. The molecule has 2 rings (SSSR count). The molecule has 1 N–H and O–H groups in total. The van der Waals surface area contributed by atoms with E-state index in [1.807, 2.05) is 12.1 Å². The van der Waals surface area contributed by atoms with Crippen LogP contribution < -0.4 is 10.1 Å². The third-order valence-corrected chi connectivity index (χ3v) is 6.29. The van der Waals surface area contributed by atoms with E-state index >= 15 is 0 Å². The maximum absolute atomic E-state index is 13.0. The van der Waals surface area contributed by atoms with Crippen LogP contribution in [0.25, 0.3) is 0 Å². The molecule has 8 heteroatoms. The lowest BCUT2D eigenvalue weighted by Gasteiger charge is -2.21. The van der Waals surface area contributed by atoms with E-state index in [2.05, 4.69) is 10.3 Å².